The lowest BCUT2D eigenvalue weighted by Gasteiger charge is -2.18. The second-order valence-electron chi connectivity index (χ2n) is 4.60. The van der Waals surface area contributed by atoms with E-state index in [0.29, 0.717) is 5.69 Å². The summed E-state index contributed by atoms with van der Waals surface area (Å²) in [6.45, 7) is 3.66. The Morgan fingerprint density at radius 1 is 1.33 bits per heavy atom. The van der Waals surface area contributed by atoms with Gasteiger partial charge >= 0.3 is 10.2 Å². The van der Waals surface area contributed by atoms with E-state index in [0.717, 1.165) is 11.1 Å². The molecule has 1 saturated heterocycles. The van der Waals surface area contributed by atoms with E-state index in [1.807, 2.05) is 26.0 Å². The summed E-state index contributed by atoms with van der Waals surface area (Å²) in [5.74, 6) is -0.354. The second kappa shape index (κ2) is 4.35. The van der Waals surface area contributed by atoms with E-state index in [1.54, 1.807) is 6.07 Å². The number of rotatable bonds is 2. The van der Waals surface area contributed by atoms with Gasteiger partial charge in [-0.25, -0.2) is 0 Å². The largest absolute Gasteiger partial charge is 0.311 e. The molecule has 1 aliphatic heterocycles. The van der Waals surface area contributed by atoms with Crippen LogP contribution < -0.4 is 4.90 Å². The van der Waals surface area contributed by atoms with Gasteiger partial charge in [0.25, 0.3) is 0 Å². The average Bonchev–Trinajstić information content (AvgIpc) is 2.60. The quantitative estimate of drug-likeness (QED) is 0.769. The molecule has 0 bridgehead atoms. The van der Waals surface area contributed by atoms with Crippen molar-refractivity contribution in [2.75, 3.05) is 11.4 Å². The highest BCUT2D eigenvalue weighted by Gasteiger charge is 2.39. The van der Waals surface area contributed by atoms with Crippen LogP contribution in [0.2, 0.25) is 0 Å². The Morgan fingerprint density at radius 2 is 2.00 bits per heavy atom. The third-order valence-corrected chi connectivity index (χ3v) is 4.24. The molecule has 2 rings (SSSR count). The number of halogens is 1. The standard InChI is InChI=1S/C12H14FNO3S/c1-8-3-4-11(9(2)5-8)14-7-10(6-12(14)15)18(13,16)17/h3-5,10H,6-7H2,1-2H3. The van der Waals surface area contributed by atoms with E-state index in [4.69, 9.17) is 0 Å². The minimum atomic E-state index is -4.66. The normalized spacial score (nSPS) is 20.5. The van der Waals surface area contributed by atoms with Crippen LogP contribution in [0, 0.1) is 13.8 Å². The van der Waals surface area contributed by atoms with Crippen LogP contribution in [0.5, 0.6) is 0 Å². The Kier molecular flexibility index (Phi) is 3.14. The van der Waals surface area contributed by atoms with Crippen molar-refractivity contribution in [3.05, 3.63) is 29.3 Å². The smallest absolute Gasteiger partial charge is 0.307 e. The third-order valence-electron chi connectivity index (χ3n) is 3.13. The summed E-state index contributed by atoms with van der Waals surface area (Å²) in [4.78, 5) is 13.1. The Bertz CT molecular complexity index is 597. The van der Waals surface area contributed by atoms with E-state index in [9.17, 15) is 17.1 Å². The van der Waals surface area contributed by atoms with Crippen molar-refractivity contribution in [1.82, 2.24) is 0 Å². The van der Waals surface area contributed by atoms with Crippen molar-refractivity contribution in [3.63, 3.8) is 0 Å². The summed E-state index contributed by atoms with van der Waals surface area (Å²) in [5, 5.41) is -1.24. The number of carbonyl (C=O) groups is 1. The van der Waals surface area contributed by atoms with E-state index >= 15 is 0 Å². The van der Waals surface area contributed by atoms with Crippen molar-refractivity contribution in [1.29, 1.82) is 0 Å². The number of nitrogens with zero attached hydrogens (tertiary/aromatic N) is 1. The fraction of sp³-hybridized carbons (Fsp3) is 0.417. The maximum atomic E-state index is 12.9. The van der Waals surface area contributed by atoms with Crippen molar-refractivity contribution in [3.8, 4) is 0 Å². The Balaban J connectivity index is 2.33. The molecule has 98 valence electrons. The topological polar surface area (TPSA) is 54.5 Å². The number of hydrogen-bond donors (Lipinski definition) is 0. The number of aryl methyl sites for hydroxylation is 2. The number of benzene rings is 1. The number of carbonyl (C=O) groups excluding carboxylic acids is 1. The van der Waals surface area contributed by atoms with Gasteiger partial charge in [0.05, 0.1) is 0 Å². The maximum Gasteiger partial charge on any atom is 0.307 e. The maximum absolute atomic E-state index is 12.9. The van der Waals surface area contributed by atoms with Crippen LogP contribution in [0.25, 0.3) is 0 Å². The van der Waals surface area contributed by atoms with Gasteiger partial charge in [0.1, 0.15) is 5.25 Å². The molecule has 0 aromatic heterocycles. The lowest BCUT2D eigenvalue weighted by molar-refractivity contribution is -0.117. The van der Waals surface area contributed by atoms with Crippen molar-refractivity contribution < 1.29 is 17.1 Å². The van der Waals surface area contributed by atoms with Crippen LogP contribution >= 0.6 is 0 Å². The van der Waals surface area contributed by atoms with Crippen LogP contribution in [0.1, 0.15) is 17.5 Å². The summed E-state index contributed by atoms with van der Waals surface area (Å²) in [6, 6.07) is 5.50. The van der Waals surface area contributed by atoms with Crippen LogP contribution in [-0.2, 0) is 15.0 Å². The molecule has 0 N–H and O–H groups in total. The van der Waals surface area contributed by atoms with Crippen LogP contribution in [0.15, 0.2) is 18.2 Å². The molecular weight excluding hydrogens is 257 g/mol. The molecule has 1 amide bonds. The van der Waals surface area contributed by atoms with Gasteiger partial charge in [-0.1, -0.05) is 17.7 Å². The highest BCUT2D eigenvalue weighted by atomic mass is 32.3. The zero-order chi connectivity index (χ0) is 13.5. The van der Waals surface area contributed by atoms with Gasteiger partial charge in [-0.3, -0.25) is 4.79 Å². The van der Waals surface area contributed by atoms with Gasteiger partial charge in [-0.15, -0.1) is 3.89 Å². The van der Waals surface area contributed by atoms with Crippen molar-refractivity contribution in [2.45, 2.75) is 25.5 Å². The predicted octanol–water partition coefficient (Wildman–Crippen LogP) is 1.71. The molecule has 0 spiro atoms. The predicted molar refractivity (Wildman–Crippen MR) is 66.7 cm³/mol. The molecule has 1 aliphatic rings. The molecule has 1 aromatic rings. The third kappa shape index (κ3) is 2.38. The minimum Gasteiger partial charge on any atom is -0.311 e. The van der Waals surface area contributed by atoms with Gasteiger partial charge < -0.3 is 4.90 Å². The highest BCUT2D eigenvalue weighted by molar-refractivity contribution is 7.87. The molecule has 0 aliphatic carbocycles. The first-order valence-corrected chi connectivity index (χ1v) is 7.05. The minimum absolute atomic E-state index is 0.110. The van der Waals surface area contributed by atoms with Gasteiger partial charge in [-0.05, 0) is 25.5 Å². The van der Waals surface area contributed by atoms with E-state index in [2.05, 4.69) is 0 Å². The fourth-order valence-corrected chi connectivity index (χ4v) is 2.87. The zero-order valence-corrected chi connectivity index (χ0v) is 11.0. The molecule has 1 unspecified atom stereocenters. The van der Waals surface area contributed by atoms with Crippen LogP contribution in [-0.4, -0.2) is 26.1 Å². The lowest BCUT2D eigenvalue weighted by Crippen LogP contribution is -2.27. The fourth-order valence-electron chi connectivity index (χ4n) is 2.20. The molecule has 0 saturated carbocycles. The first-order chi connectivity index (χ1) is 8.29. The number of anilines is 1. The number of amides is 1. The summed E-state index contributed by atoms with van der Waals surface area (Å²) in [6.07, 6.45) is -0.286. The Labute approximate surface area is 106 Å². The molecule has 1 aromatic carbocycles. The summed E-state index contributed by atoms with van der Waals surface area (Å²) >= 11 is 0. The Hall–Kier alpha value is -1.43. The van der Waals surface area contributed by atoms with Gasteiger partial charge in [0.15, 0.2) is 0 Å². The highest BCUT2D eigenvalue weighted by Crippen LogP contribution is 2.28. The van der Waals surface area contributed by atoms with E-state index in [1.165, 1.54) is 4.90 Å². The van der Waals surface area contributed by atoms with Crippen LogP contribution in [0.3, 0.4) is 0 Å². The zero-order valence-electron chi connectivity index (χ0n) is 10.2. The molecular formula is C12H14FNO3S. The SMILES string of the molecule is Cc1ccc(N2CC(S(=O)(=O)F)CC2=O)c(C)c1. The van der Waals surface area contributed by atoms with Crippen molar-refractivity contribution >= 4 is 21.8 Å². The first kappa shape index (κ1) is 13.0. The molecule has 4 nitrogen and oxygen atoms in total. The van der Waals surface area contributed by atoms with Crippen molar-refractivity contribution in [2.24, 2.45) is 0 Å². The molecule has 6 heteroatoms. The average molecular weight is 271 g/mol. The van der Waals surface area contributed by atoms with Crippen LogP contribution in [0.4, 0.5) is 9.57 Å². The summed E-state index contributed by atoms with van der Waals surface area (Å²) in [5.41, 5.74) is 2.58. The van der Waals surface area contributed by atoms with E-state index in [-0.39, 0.29) is 18.9 Å². The van der Waals surface area contributed by atoms with Gasteiger partial charge in [0.2, 0.25) is 5.91 Å². The Morgan fingerprint density at radius 3 is 2.50 bits per heavy atom. The molecule has 1 heterocycles. The summed E-state index contributed by atoms with van der Waals surface area (Å²) in [7, 11) is -4.66. The lowest BCUT2D eigenvalue weighted by atomic mass is 10.1. The van der Waals surface area contributed by atoms with E-state index < -0.39 is 15.5 Å². The second-order valence-corrected chi connectivity index (χ2v) is 6.21. The van der Waals surface area contributed by atoms with Gasteiger partial charge in [-0.2, -0.15) is 8.42 Å². The van der Waals surface area contributed by atoms with Gasteiger partial charge in [0, 0.05) is 18.7 Å². The monoisotopic (exact) mass is 271 g/mol. The summed E-state index contributed by atoms with van der Waals surface area (Å²) < 4.78 is 34.6. The molecule has 1 fully saturated rings. The first-order valence-electron chi connectivity index (χ1n) is 5.60. The molecule has 1 atom stereocenters. The number of hydrogen-bond acceptors (Lipinski definition) is 3. The molecule has 18 heavy (non-hydrogen) atoms. The molecule has 0 radical (unpaired) electrons.